The highest BCUT2D eigenvalue weighted by atomic mass is 19.1. The molecule has 1 heterocycles. The molecule has 0 bridgehead atoms. The lowest BCUT2D eigenvalue weighted by Gasteiger charge is -2.40. The van der Waals surface area contributed by atoms with E-state index in [9.17, 15) is 13.9 Å². The van der Waals surface area contributed by atoms with Crippen molar-refractivity contribution >= 4 is 0 Å². The lowest BCUT2D eigenvalue weighted by molar-refractivity contribution is 0.0307. The number of aliphatic hydroxyl groups is 1. The average molecular weight is 295 g/mol. The van der Waals surface area contributed by atoms with E-state index in [1.165, 1.54) is 12.1 Å². The van der Waals surface area contributed by atoms with Crippen LogP contribution in [-0.4, -0.2) is 28.7 Å². The molecule has 2 aliphatic rings. The molecule has 4 heteroatoms. The van der Waals surface area contributed by atoms with Crippen LogP contribution in [0, 0.1) is 17.6 Å². The van der Waals surface area contributed by atoms with Crippen LogP contribution in [-0.2, 0) is 6.54 Å². The monoisotopic (exact) mass is 295 g/mol. The molecule has 2 nitrogen and oxygen atoms in total. The smallest absolute Gasteiger partial charge is 0.127 e. The fraction of sp³-hybridized carbons (Fsp3) is 0.647. The topological polar surface area (TPSA) is 23.5 Å². The van der Waals surface area contributed by atoms with Crippen molar-refractivity contribution in [1.29, 1.82) is 0 Å². The number of aliphatic hydroxyl groups excluding tert-OH is 1. The molecule has 3 atom stereocenters. The Bertz CT molecular complexity index is 494. The molecule has 0 spiro atoms. The van der Waals surface area contributed by atoms with Crippen molar-refractivity contribution in [2.75, 3.05) is 6.54 Å². The molecule has 1 saturated carbocycles. The molecule has 1 aromatic rings. The van der Waals surface area contributed by atoms with Crippen LogP contribution in [0.5, 0.6) is 0 Å². The third-order valence-corrected chi connectivity index (χ3v) is 5.07. The molecule has 1 aromatic carbocycles. The van der Waals surface area contributed by atoms with Gasteiger partial charge in [-0.1, -0.05) is 12.8 Å². The van der Waals surface area contributed by atoms with Gasteiger partial charge in [-0.2, -0.15) is 0 Å². The number of halogens is 2. The second kappa shape index (κ2) is 6.41. The van der Waals surface area contributed by atoms with Gasteiger partial charge in [-0.25, -0.2) is 8.78 Å². The van der Waals surface area contributed by atoms with Crippen LogP contribution < -0.4 is 0 Å². The van der Waals surface area contributed by atoms with Crippen LogP contribution in [0.1, 0.15) is 44.1 Å². The van der Waals surface area contributed by atoms with E-state index >= 15 is 0 Å². The molecule has 3 rings (SSSR count). The second-order valence-electron chi connectivity index (χ2n) is 6.43. The van der Waals surface area contributed by atoms with Crippen LogP contribution >= 0.6 is 0 Å². The maximum absolute atomic E-state index is 13.9. The van der Waals surface area contributed by atoms with E-state index in [1.807, 2.05) is 0 Å². The molecule has 1 aliphatic carbocycles. The predicted molar refractivity (Wildman–Crippen MR) is 77.8 cm³/mol. The lowest BCUT2D eigenvalue weighted by atomic mass is 9.87. The number of likely N-dealkylation sites (tertiary alicyclic amines) is 1. The van der Waals surface area contributed by atoms with Crippen LogP contribution in [0.4, 0.5) is 8.78 Å². The zero-order valence-corrected chi connectivity index (χ0v) is 12.3. The summed E-state index contributed by atoms with van der Waals surface area (Å²) in [5, 5.41) is 10.2. The summed E-state index contributed by atoms with van der Waals surface area (Å²) >= 11 is 0. The first-order valence-corrected chi connectivity index (χ1v) is 8.01. The van der Waals surface area contributed by atoms with Gasteiger partial charge < -0.3 is 5.11 Å². The first-order chi connectivity index (χ1) is 10.1. The van der Waals surface area contributed by atoms with E-state index in [2.05, 4.69) is 4.90 Å². The number of nitrogens with zero attached hydrogens (tertiary/aromatic N) is 1. The molecule has 3 unspecified atom stereocenters. The van der Waals surface area contributed by atoms with Crippen molar-refractivity contribution in [3.63, 3.8) is 0 Å². The molecule has 116 valence electrons. The third kappa shape index (κ3) is 3.27. The summed E-state index contributed by atoms with van der Waals surface area (Å²) in [6.45, 7) is 1.35. The SMILES string of the molecule is OC1CCCC1C1CCCCN1Cc1cc(F)ccc1F. The van der Waals surface area contributed by atoms with Gasteiger partial charge in [-0.3, -0.25) is 4.90 Å². The fourth-order valence-electron chi connectivity index (χ4n) is 4.00. The third-order valence-electron chi connectivity index (χ3n) is 5.07. The molecule has 1 saturated heterocycles. The number of benzene rings is 1. The van der Waals surface area contributed by atoms with Crippen molar-refractivity contribution < 1.29 is 13.9 Å². The van der Waals surface area contributed by atoms with Crippen LogP contribution in [0.25, 0.3) is 0 Å². The van der Waals surface area contributed by atoms with E-state index in [4.69, 9.17) is 0 Å². The highest BCUT2D eigenvalue weighted by molar-refractivity contribution is 5.19. The summed E-state index contributed by atoms with van der Waals surface area (Å²) < 4.78 is 27.2. The Morgan fingerprint density at radius 3 is 2.71 bits per heavy atom. The van der Waals surface area contributed by atoms with Gasteiger partial charge in [0.1, 0.15) is 11.6 Å². The zero-order chi connectivity index (χ0) is 14.8. The van der Waals surface area contributed by atoms with Gasteiger partial charge in [-0.05, 0) is 50.4 Å². The number of hydrogen-bond donors (Lipinski definition) is 1. The number of rotatable bonds is 3. The normalized spacial score (nSPS) is 30.7. The van der Waals surface area contributed by atoms with Gasteiger partial charge in [0.25, 0.3) is 0 Å². The summed E-state index contributed by atoms with van der Waals surface area (Å²) in [7, 11) is 0. The molecule has 1 N–H and O–H groups in total. The Kier molecular flexibility index (Phi) is 4.55. The van der Waals surface area contributed by atoms with E-state index in [0.717, 1.165) is 51.1 Å². The van der Waals surface area contributed by atoms with Crippen LogP contribution in [0.2, 0.25) is 0 Å². The summed E-state index contributed by atoms with van der Waals surface area (Å²) in [5.41, 5.74) is 0.425. The summed E-state index contributed by atoms with van der Waals surface area (Å²) in [6, 6.07) is 3.96. The molecular weight excluding hydrogens is 272 g/mol. The maximum Gasteiger partial charge on any atom is 0.127 e. The van der Waals surface area contributed by atoms with Gasteiger partial charge >= 0.3 is 0 Å². The Hall–Kier alpha value is -1.00. The maximum atomic E-state index is 13.9. The molecule has 21 heavy (non-hydrogen) atoms. The largest absolute Gasteiger partial charge is 0.393 e. The fourth-order valence-corrected chi connectivity index (χ4v) is 4.00. The van der Waals surface area contributed by atoms with E-state index in [0.29, 0.717) is 24.1 Å². The molecular formula is C17H23F2NO. The minimum atomic E-state index is -0.388. The summed E-state index contributed by atoms with van der Waals surface area (Å²) in [5.74, 6) is -0.435. The summed E-state index contributed by atoms with van der Waals surface area (Å²) in [6.07, 6.45) is 6.08. The quantitative estimate of drug-likeness (QED) is 0.923. The van der Waals surface area contributed by atoms with Crippen molar-refractivity contribution in [3.8, 4) is 0 Å². The van der Waals surface area contributed by atoms with E-state index in [1.54, 1.807) is 0 Å². The Morgan fingerprint density at radius 2 is 1.95 bits per heavy atom. The zero-order valence-electron chi connectivity index (χ0n) is 12.3. The van der Waals surface area contributed by atoms with Gasteiger partial charge in [0, 0.05) is 24.1 Å². The highest BCUT2D eigenvalue weighted by Gasteiger charge is 2.37. The molecule has 1 aliphatic heterocycles. The summed E-state index contributed by atoms with van der Waals surface area (Å²) in [4.78, 5) is 2.25. The first kappa shape index (κ1) is 14.9. The van der Waals surface area contributed by atoms with Crippen molar-refractivity contribution in [1.82, 2.24) is 4.90 Å². The average Bonchev–Trinajstić information content (AvgIpc) is 2.90. The predicted octanol–water partition coefficient (Wildman–Crippen LogP) is 3.48. The molecule has 0 amide bonds. The van der Waals surface area contributed by atoms with E-state index < -0.39 is 0 Å². The van der Waals surface area contributed by atoms with Gasteiger partial charge in [-0.15, -0.1) is 0 Å². The number of hydrogen-bond acceptors (Lipinski definition) is 2. The Balaban J connectivity index is 1.76. The Labute approximate surface area is 124 Å². The minimum Gasteiger partial charge on any atom is -0.393 e. The van der Waals surface area contributed by atoms with Gasteiger partial charge in [0.2, 0.25) is 0 Å². The number of piperidine rings is 1. The van der Waals surface area contributed by atoms with Crippen LogP contribution in [0.15, 0.2) is 18.2 Å². The second-order valence-corrected chi connectivity index (χ2v) is 6.43. The van der Waals surface area contributed by atoms with Crippen molar-refractivity contribution in [3.05, 3.63) is 35.4 Å². The van der Waals surface area contributed by atoms with Gasteiger partial charge in [0.15, 0.2) is 0 Å². The van der Waals surface area contributed by atoms with Crippen molar-refractivity contribution in [2.45, 2.75) is 57.2 Å². The molecule has 0 aromatic heterocycles. The molecule has 0 radical (unpaired) electrons. The minimum absolute atomic E-state index is 0.229. The Morgan fingerprint density at radius 1 is 1.10 bits per heavy atom. The standard InChI is InChI=1S/C17H23F2NO/c18-13-7-8-15(19)12(10-13)11-20-9-2-1-5-16(20)14-4-3-6-17(14)21/h7-8,10,14,16-17,21H,1-6,9,11H2. The first-order valence-electron chi connectivity index (χ1n) is 8.01. The van der Waals surface area contributed by atoms with Gasteiger partial charge in [0.05, 0.1) is 6.10 Å². The van der Waals surface area contributed by atoms with Crippen molar-refractivity contribution in [2.24, 2.45) is 5.92 Å². The highest BCUT2D eigenvalue weighted by Crippen LogP contribution is 2.36. The van der Waals surface area contributed by atoms with E-state index in [-0.39, 0.29) is 17.7 Å². The lowest BCUT2D eigenvalue weighted by Crippen LogP contribution is -2.46. The van der Waals surface area contributed by atoms with Crippen LogP contribution in [0.3, 0.4) is 0 Å². The molecule has 2 fully saturated rings.